The van der Waals surface area contributed by atoms with E-state index < -0.39 is 0 Å². The second-order valence-electron chi connectivity index (χ2n) is 4.10. The van der Waals surface area contributed by atoms with Gasteiger partial charge in [-0.1, -0.05) is 19.3 Å². The number of aromatic nitrogens is 2. The van der Waals surface area contributed by atoms with Gasteiger partial charge in [0.05, 0.1) is 17.6 Å². The molecular formula is C11H17N3. The van der Waals surface area contributed by atoms with Crippen molar-refractivity contribution in [1.29, 1.82) is 0 Å². The third-order valence-electron chi connectivity index (χ3n) is 3.03. The van der Waals surface area contributed by atoms with Crippen molar-refractivity contribution < 1.29 is 0 Å². The molecule has 1 aliphatic rings. The maximum absolute atomic E-state index is 5.64. The summed E-state index contributed by atoms with van der Waals surface area (Å²) in [5.41, 5.74) is 7.65. The first-order chi connectivity index (χ1) is 6.77. The van der Waals surface area contributed by atoms with Crippen LogP contribution < -0.4 is 5.73 Å². The van der Waals surface area contributed by atoms with Gasteiger partial charge in [0.15, 0.2) is 0 Å². The molecule has 0 saturated heterocycles. The van der Waals surface area contributed by atoms with E-state index in [1.807, 2.05) is 13.1 Å². The molecule has 0 unspecified atom stereocenters. The van der Waals surface area contributed by atoms with Gasteiger partial charge in [0.1, 0.15) is 5.82 Å². The Labute approximate surface area is 84.8 Å². The number of nitrogen functional groups attached to an aromatic ring is 1. The van der Waals surface area contributed by atoms with Crippen LogP contribution in [0.4, 0.5) is 5.82 Å². The van der Waals surface area contributed by atoms with Crippen LogP contribution in [-0.4, -0.2) is 9.97 Å². The van der Waals surface area contributed by atoms with Gasteiger partial charge in [-0.2, -0.15) is 0 Å². The van der Waals surface area contributed by atoms with E-state index in [1.54, 1.807) is 0 Å². The third-order valence-corrected chi connectivity index (χ3v) is 3.03. The van der Waals surface area contributed by atoms with Crippen LogP contribution in [0.2, 0.25) is 0 Å². The van der Waals surface area contributed by atoms with Crippen LogP contribution in [0.3, 0.4) is 0 Å². The molecule has 1 aliphatic carbocycles. The van der Waals surface area contributed by atoms with Crippen molar-refractivity contribution in [3.05, 3.63) is 17.6 Å². The molecule has 3 heteroatoms. The maximum atomic E-state index is 5.64. The quantitative estimate of drug-likeness (QED) is 0.741. The molecule has 14 heavy (non-hydrogen) atoms. The Morgan fingerprint density at radius 3 is 2.64 bits per heavy atom. The average molecular weight is 191 g/mol. The second kappa shape index (κ2) is 3.95. The van der Waals surface area contributed by atoms with Crippen molar-refractivity contribution in [1.82, 2.24) is 9.97 Å². The molecular weight excluding hydrogens is 174 g/mol. The smallest absolute Gasteiger partial charge is 0.144 e. The Balaban J connectivity index is 2.18. The minimum Gasteiger partial charge on any atom is -0.382 e. The van der Waals surface area contributed by atoms with Crippen molar-refractivity contribution in [3.63, 3.8) is 0 Å². The van der Waals surface area contributed by atoms with Gasteiger partial charge in [-0.05, 0) is 19.8 Å². The lowest BCUT2D eigenvalue weighted by molar-refractivity contribution is 0.435. The lowest BCUT2D eigenvalue weighted by Crippen LogP contribution is -2.09. The van der Waals surface area contributed by atoms with E-state index >= 15 is 0 Å². The normalized spacial score (nSPS) is 18.4. The first-order valence-corrected chi connectivity index (χ1v) is 5.36. The molecule has 0 radical (unpaired) electrons. The molecule has 0 atom stereocenters. The van der Waals surface area contributed by atoms with E-state index in [0.717, 1.165) is 11.4 Å². The minimum absolute atomic E-state index is 0.560. The van der Waals surface area contributed by atoms with Gasteiger partial charge in [-0.25, -0.2) is 4.98 Å². The van der Waals surface area contributed by atoms with Crippen LogP contribution in [0.1, 0.15) is 49.4 Å². The van der Waals surface area contributed by atoms with E-state index in [0.29, 0.717) is 11.7 Å². The number of nitrogens with zero attached hydrogens (tertiary/aromatic N) is 2. The molecule has 76 valence electrons. The minimum atomic E-state index is 0.560. The second-order valence-corrected chi connectivity index (χ2v) is 4.10. The van der Waals surface area contributed by atoms with Crippen molar-refractivity contribution in [2.45, 2.75) is 44.9 Å². The Hall–Kier alpha value is -1.12. The number of hydrogen-bond acceptors (Lipinski definition) is 3. The van der Waals surface area contributed by atoms with E-state index in [9.17, 15) is 0 Å². The summed E-state index contributed by atoms with van der Waals surface area (Å²) in [4.78, 5) is 8.68. The first kappa shape index (κ1) is 9.44. The monoisotopic (exact) mass is 191 g/mol. The molecule has 3 nitrogen and oxygen atoms in total. The summed E-state index contributed by atoms with van der Waals surface area (Å²) >= 11 is 0. The molecule has 0 aliphatic heterocycles. The summed E-state index contributed by atoms with van der Waals surface area (Å²) in [5.74, 6) is 1.18. The molecule has 0 spiro atoms. The number of rotatable bonds is 1. The van der Waals surface area contributed by atoms with Crippen molar-refractivity contribution in [2.24, 2.45) is 0 Å². The molecule has 1 heterocycles. The SMILES string of the molecule is Cc1nc(C2CCCCC2)cnc1N. The van der Waals surface area contributed by atoms with Gasteiger partial charge in [0.2, 0.25) is 0 Å². The van der Waals surface area contributed by atoms with Gasteiger partial charge in [-0.3, -0.25) is 4.98 Å². The van der Waals surface area contributed by atoms with Gasteiger partial charge in [-0.15, -0.1) is 0 Å². The van der Waals surface area contributed by atoms with Crippen molar-refractivity contribution in [2.75, 3.05) is 5.73 Å². The van der Waals surface area contributed by atoms with E-state index in [4.69, 9.17) is 5.73 Å². The van der Waals surface area contributed by atoms with E-state index in [1.165, 1.54) is 32.1 Å². The molecule has 1 aromatic heterocycles. The topological polar surface area (TPSA) is 51.8 Å². The molecule has 1 saturated carbocycles. The van der Waals surface area contributed by atoms with Gasteiger partial charge in [0, 0.05) is 5.92 Å². The highest BCUT2D eigenvalue weighted by atomic mass is 14.9. The lowest BCUT2D eigenvalue weighted by Gasteiger charge is -2.20. The number of nitrogens with two attached hydrogens (primary N) is 1. The van der Waals surface area contributed by atoms with Crippen molar-refractivity contribution >= 4 is 5.82 Å². The molecule has 1 fully saturated rings. The van der Waals surface area contributed by atoms with Crippen LogP contribution in [0.15, 0.2) is 6.20 Å². The van der Waals surface area contributed by atoms with Crippen molar-refractivity contribution in [3.8, 4) is 0 Å². The zero-order valence-electron chi connectivity index (χ0n) is 8.66. The Kier molecular flexibility index (Phi) is 2.66. The molecule has 2 N–H and O–H groups in total. The largest absolute Gasteiger partial charge is 0.382 e. The summed E-state index contributed by atoms with van der Waals surface area (Å²) in [6.07, 6.45) is 8.40. The fourth-order valence-corrected chi connectivity index (χ4v) is 2.10. The summed E-state index contributed by atoms with van der Waals surface area (Å²) in [6, 6.07) is 0. The Morgan fingerprint density at radius 1 is 1.29 bits per heavy atom. The summed E-state index contributed by atoms with van der Waals surface area (Å²) in [5, 5.41) is 0. The number of hydrogen-bond donors (Lipinski definition) is 1. The van der Waals surface area contributed by atoms with Crippen LogP contribution in [-0.2, 0) is 0 Å². The molecule has 0 amide bonds. The Morgan fingerprint density at radius 2 is 2.00 bits per heavy atom. The first-order valence-electron chi connectivity index (χ1n) is 5.36. The summed E-state index contributed by atoms with van der Waals surface area (Å²) in [7, 11) is 0. The maximum Gasteiger partial charge on any atom is 0.144 e. The van der Waals surface area contributed by atoms with Gasteiger partial charge >= 0.3 is 0 Å². The highest BCUT2D eigenvalue weighted by Crippen LogP contribution is 2.31. The van der Waals surface area contributed by atoms with Gasteiger partial charge < -0.3 is 5.73 Å². The average Bonchev–Trinajstić information content (AvgIpc) is 2.23. The molecule has 2 rings (SSSR count). The number of aryl methyl sites for hydroxylation is 1. The van der Waals surface area contributed by atoms with Gasteiger partial charge in [0.25, 0.3) is 0 Å². The predicted molar refractivity (Wildman–Crippen MR) is 57.0 cm³/mol. The van der Waals surface area contributed by atoms with Crippen LogP contribution in [0, 0.1) is 6.92 Å². The standard InChI is InChI=1S/C11H17N3/c1-8-11(12)13-7-10(14-8)9-5-3-2-4-6-9/h7,9H,2-6H2,1H3,(H2,12,13). The summed E-state index contributed by atoms with van der Waals surface area (Å²) < 4.78 is 0. The fraction of sp³-hybridized carbons (Fsp3) is 0.636. The highest BCUT2D eigenvalue weighted by Gasteiger charge is 2.17. The molecule has 1 aromatic rings. The van der Waals surface area contributed by atoms with E-state index in [2.05, 4.69) is 9.97 Å². The lowest BCUT2D eigenvalue weighted by atomic mass is 9.87. The third kappa shape index (κ3) is 1.86. The molecule has 0 aromatic carbocycles. The predicted octanol–water partition coefficient (Wildman–Crippen LogP) is 2.41. The Bertz CT molecular complexity index is 316. The number of anilines is 1. The van der Waals surface area contributed by atoms with Crippen LogP contribution in [0.25, 0.3) is 0 Å². The van der Waals surface area contributed by atoms with E-state index in [-0.39, 0.29) is 0 Å². The summed E-state index contributed by atoms with van der Waals surface area (Å²) in [6.45, 7) is 1.93. The van der Waals surface area contributed by atoms with Crippen LogP contribution in [0.5, 0.6) is 0 Å². The van der Waals surface area contributed by atoms with Crippen LogP contribution >= 0.6 is 0 Å². The highest BCUT2D eigenvalue weighted by molar-refractivity contribution is 5.33. The molecule has 0 bridgehead atoms. The fourth-order valence-electron chi connectivity index (χ4n) is 2.10. The zero-order chi connectivity index (χ0) is 9.97. The zero-order valence-corrected chi connectivity index (χ0v) is 8.66.